The van der Waals surface area contributed by atoms with Crippen LogP contribution in [0.4, 0.5) is 0 Å². The number of thioether (sulfide) groups is 1. The Morgan fingerprint density at radius 1 is 1.56 bits per heavy atom. The molecule has 5 heteroatoms. The largest absolute Gasteiger partial charge is 0.338 e. The number of aryl methyl sites for hydroxylation is 2. The third-order valence-electron chi connectivity index (χ3n) is 2.50. The van der Waals surface area contributed by atoms with E-state index >= 15 is 0 Å². The van der Waals surface area contributed by atoms with Crippen molar-refractivity contribution < 1.29 is 0 Å². The van der Waals surface area contributed by atoms with Crippen molar-refractivity contribution in [2.45, 2.75) is 38.0 Å². The van der Waals surface area contributed by atoms with Crippen molar-refractivity contribution in [1.29, 1.82) is 0 Å². The fourth-order valence-corrected chi connectivity index (χ4v) is 2.34. The third kappa shape index (κ3) is 4.55. The van der Waals surface area contributed by atoms with Gasteiger partial charge in [0.15, 0.2) is 0 Å². The van der Waals surface area contributed by atoms with Crippen molar-refractivity contribution in [3.05, 3.63) is 18.2 Å². The molecule has 1 aromatic heterocycles. The first kappa shape index (κ1) is 13.5. The number of nitrogens with two attached hydrogens (primary N) is 1. The van der Waals surface area contributed by atoms with Gasteiger partial charge in [-0.3, -0.25) is 11.3 Å². The van der Waals surface area contributed by atoms with E-state index in [9.17, 15) is 0 Å². The van der Waals surface area contributed by atoms with Gasteiger partial charge in [0.1, 0.15) is 5.82 Å². The number of hydrogen-bond donors (Lipinski definition) is 2. The standard InChI is InChI=1S/C11H22N4S/c1-9(2)16-8-10(14-12)4-5-11-13-6-7-15(11)3/h6-7,9-10,14H,4-5,8,12H2,1-3H3. The smallest absolute Gasteiger partial charge is 0.108 e. The molecule has 0 aliphatic rings. The molecular formula is C11H22N4S. The minimum Gasteiger partial charge on any atom is -0.338 e. The van der Waals surface area contributed by atoms with Crippen molar-refractivity contribution in [3.63, 3.8) is 0 Å². The minimum absolute atomic E-state index is 0.365. The van der Waals surface area contributed by atoms with Crippen LogP contribution in [0.15, 0.2) is 12.4 Å². The topological polar surface area (TPSA) is 55.9 Å². The summed E-state index contributed by atoms with van der Waals surface area (Å²) in [7, 11) is 2.02. The van der Waals surface area contributed by atoms with Crippen molar-refractivity contribution in [3.8, 4) is 0 Å². The second-order valence-corrected chi connectivity index (χ2v) is 5.85. The van der Waals surface area contributed by atoms with Gasteiger partial charge in [0.2, 0.25) is 0 Å². The molecule has 4 nitrogen and oxygen atoms in total. The van der Waals surface area contributed by atoms with Crippen LogP contribution in [-0.2, 0) is 13.5 Å². The number of rotatable bonds is 7. The Hall–Kier alpha value is -0.520. The second kappa shape index (κ2) is 6.93. The Balaban J connectivity index is 2.31. The number of hydrogen-bond acceptors (Lipinski definition) is 4. The highest BCUT2D eigenvalue weighted by atomic mass is 32.2. The van der Waals surface area contributed by atoms with E-state index in [-0.39, 0.29) is 0 Å². The molecule has 0 saturated carbocycles. The van der Waals surface area contributed by atoms with Gasteiger partial charge in [-0.15, -0.1) is 0 Å². The summed E-state index contributed by atoms with van der Waals surface area (Å²) in [4.78, 5) is 4.30. The summed E-state index contributed by atoms with van der Waals surface area (Å²) in [6.45, 7) is 4.41. The van der Waals surface area contributed by atoms with E-state index in [0.717, 1.165) is 24.4 Å². The lowest BCUT2D eigenvalue weighted by Crippen LogP contribution is -2.37. The molecule has 3 N–H and O–H groups in total. The maximum Gasteiger partial charge on any atom is 0.108 e. The summed E-state index contributed by atoms with van der Waals surface area (Å²) in [5.74, 6) is 7.72. The Morgan fingerprint density at radius 2 is 2.31 bits per heavy atom. The minimum atomic E-state index is 0.365. The van der Waals surface area contributed by atoms with Gasteiger partial charge in [0.05, 0.1) is 0 Å². The van der Waals surface area contributed by atoms with E-state index in [1.807, 2.05) is 31.2 Å². The summed E-state index contributed by atoms with van der Waals surface area (Å²) >= 11 is 1.94. The molecule has 1 unspecified atom stereocenters. The molecule has 1 rings (SSSR count). The Kier molecular flexibility index (Phi) is 5.87. The Morgan fingerprint density at radius 3 is 2.81 bits per heavy atom. The zero-order chi connectivity index (χ0) is 12.0. The number of aromatic nitrogens is 2. The highest BCUT2D eigenvalue weighted by Crippen LogP contribution is 2.13. The second-order valence-electron chi connectivity index (χ2n) is 4.24. The monoisotopic (exact) mass is 242 g/mol. The van der Waals surface area contributed by atoms with Crippen LogP contribution in [0.1, 0.15) is 26.1 Å². The van der Waals surface area contributed by atoms with Gasteiger partial charge in [-0.2, -0.15) is 11.8 Å². The first-order chi connectivity index (χ1) is 7.63. The van der Waals surface area contributed by atoms with Crippen LogP contribution in [-0.4, -0.2) is 26.6 Å². The van der Waals surface area contributed by atoms with Crippen molar-refractivity contribution in [1.82, 2.24) is 15.0 Å². The van der Waals surface area contributed by atoms with Gasteiger partial charge in [0.25, 0.3) is 0 Å². The Bertz CT molecular complexity index is 298. The van der Waals surface area contributed by atoms with Crippen LogP contribution < -0.4 is 11.3 Å². The first-order valence-corrected chi connectivity index (χ1v) is 6.72. The molecule has 0 saturated heterocycles. The molecule has 0 spiro atoms. The normalized spacial score (nSPS) is 13.3. The molecule has 1 aromatic rings. The van der Waals surface area contributed by atoms with Crippen LogP contribution >= 0.6 is 11.8 Å². The molecule has 0 aliphatic carbocycles. The predicted octanol–water partition coefficient (Wildman–Crippen LogP) is 1.33. The number of imidazole rings is 1. The lowest BCUT2D eigenvalue weighted by molar-refractivity contribution is 0.527. The molecule has 0 bridgehead atoms. The molecule has 1 heterocycles. The molecule has 92 valence electrons. The van der Waals surface area contributed by atoms with Gasteiger partial charge in [0, 0.05) is 37.7 Å². The van der Waals surface area contributed by atoms with E-state index in [1.165, 1.54) is 0 Å². The molecule has 0 fully saturated rings. The highest BCUT2D eigenvalue weighted by Gasteiger charge is 2.09. The summed E-state index contributed by atoms with van der Waals surface area (Å²) in [6, 6.07) is 0.365. The lowest BCUT2D eigenvalue weighted by atomic mass is 10.2. The Labute approximate surface area is 102 Å². The van der Waals surface area contributed by atoms with E-state index < -0.39 is 0 Å². The zero-order valence-corrected chi connectivity index (χ0v) is 11.1. The lowest BCUT2D eigenvalue weighted by Gasteiger charge is -2.16. The first-order valence-electron chi connectivity index (χ1n) is 5.67. The van der Waals surface area contributed by atoms with Crippen LogP contribution in [0.2, 0.25) is 0 Å². The van der Waals surface area contributed by atoms with E-state index in [4.69, 9.17) is 5.84 Å². The highest BCUT2D eigenvalue weighted by molar-refractivity contribution is 7.99. The predicted molar refractivity (Wildman–Crippen MR) is 70.2 cm³/mol. The van der Waals surface area contributed by atoms with E-state index in [2.05, 4.69) is 28.8 Å². The maximum absolute atomic E-state index is 5.55. The molecule has 1 atom stereocenters. The average Bonchev–Trinajstić information content (AvgIpc) is 2.64. The summed E-state index contributed by atoms with van der Waals surface area (Å²) in [6.07, 6.45) is 5.81. The quantitative estimate of drug-likeness (QED) is 0.559. The fraction of sp³-hybridized carbons (Fsp3) is 0.727. The zero-order valence-electron chi connectivity index (χ0n) is 10.3. The molecule has 0 aromatic carbocycles. The van der Waals surface area contributed by atoms with Gasteiger partial charge in [-0.1, -0.05) is 13.8 Å². The number of hydrazine groups is 1. The average molecular weight is 242 g/mol. The number of nitrogens with zero attached hydrogens (tertiary/aromatic N) is 2. The fourth-order valence-electron chi connectivity index (χ4n) is 1.46. The molecule has 0 radical (unpaired) electrons. The summed E-state index contributed by atoms with van der Waals surface area (Å²) in [5.41, 5.74) is 2.88. The number of nitrogens with one attached hydrogen (secondary N) is 1. The molecular weight excluding hydrogens is 220 g/mol. The van der Waals surface area contributed by atoms with Crippen molar-refractivity contribution in [2.75, 3.05) is 5.75 Å². The van der Waals surface area contributed by atoms with E-state index in [1.54, 1.807) is 0 Å². The van der Waals surface area contributed by atoms with Crippen LogP contribution in [0.3, 0.4) is 0 Å². The van der Waals surface area contributed by atoms with Crippen LogP contribution in [0, 0.1) is 0 Å². The third-order valence-corrected chi connectivity index (χ3v) is 3.77. The van der Waals surface area contributed by atoms with Gasteiger partial charge in [-0.25, -0.2) is 4.98 Å². The van der Waals surface area contributed by atoms with Crippen molar-refractivity contribution >= 4 is 11.8 Å². The van der Waals surface area contributed by atoms with Gasteiger partial charge in [-0.05, 0) is 11.7 Å². The van der Waals surface area contributed by atoms with Crippen LogP contribution in [0.5, 0.6) is 0 Å². The molecule has 0 aliphatic heterocycles. The summed E-state index contributed by atoms with van der Waals surface area (Å²) in [5, 5.41) is 0.656. The molecule has 0 amide bonds. The van der Waals surface area contributed by atoms with Gasteiger partial charge >= 0.3 is 0 Å². The SMILES string of the molecule is CC(C)SCC(CCc1nccn1C)NN. The van der Waals surface area contributed by atoms with Crippen molar-refractivity contribution in [2.24, 2.45) is 12.9 Å². The molecule has 16 heavy (non-hydrogen) atoms. The van der Waals surface area contributed by atoms with Crippen LogP contribution in [0.25, 0.3) is 0 Å². The van der Waals surface area contributed by atoms with E-state index in [0.29, 0.717) is 11.3 Å². The maximum atomic E-state index is 5.55. The van der Waals surface area contributed by atoms with Gasteiger partial charge < -0.3 is 4.57 Å². The summed E-state index contributed by atoms with van der Waals surface area (Å²) < 4.78 is 2.06.